The number of carbonyl (C=O) groups is 2. The van der Waals surface area contributed by atoms with Gasteiger partial charge in [0.1, 0.15) is 11.4 Å². The molecule has 1 aromatic rings. The topological polar surface area (TPSA) is 110 Å². The van der Waals surface area contributed by atoms with Crippen molar-refractivity contribution in [3.05, 3.63) is 16.7 Å². The lowest BCUT2D eigenvalue weighted by molar-refractivity contribution is -0.137. The van der Waals surface area contributed by atoms with E-state index in [0.29, 0.717) is 31.3 Å². The predicted octanol–water partition coefficient (Wildman–Crippen LogP) is 2.19. The minimum Gasteiger partial charge on any atom is -0.477 e. The van der Waals surface area contributed by atoms with Gasteiger partial charge in [0.25, 0.3) is 5.91 Å². The number of aromatic nitrogens is 1. The molecule has 2 amide bonds. The summed E-state index contributed by atoms with van der Waals surface area (Å²) in [6, 6.07) is 1.62. The third-order valence-corrected chi connectivity index (χ3v) is 7.44. The molecular weight excluding hydrogens is 458 g/mol. The highest BCUT2D eigenvalue weighted by Crippen LogP contribution is 2.27. The fourth-order valence-electron chi connectivity index (χ4n) is 5.11. The van der Waals surface area contributed by atoms with Gasteiger partial charge in [0.2, 0.25) is 11.8 Å². The van der Waals surface area contributed by atoms with Crippen LogP contribution in [-0.4, -0.2) is 85.2 Å². The maximum absolute atomic E-state index is 12.9. The predicted molar refractivity (Wildman–Crippen MR) is 130 cm³/mol. The highest BCUT2D eigenvalue weighted by Gasteiger charge is 2.32. The third-order valence-electron chi connectivity index (χ3n) is 7.14. The summed E-state index contributed by atoms with van der Waals surface area (Å²) in [5.41, 5.74) is 6.08. The molecule has 1 atom stereocenters. The van der Waals surface area contributed by atoms with Gasteiger partial charge in [0.15, 0.2) is 0 Å². The van der Waals surface area contributed by atoms with Crippen molar-refractivity contribution in [2.24, 2.45) is 11.8 Å². The van der Waals surface area contributed by atoms with E-state index in [9.17, 15) is 9.59 Å². The lowest BCUT2D eigenvalue weighted by Gasteiger charge is -2.38. The Balaban J connectivity index is 1.20. The Hall–Kier alpha value is -2.10. The maximum Gasteiger partial charge on any atom is 0.257 e. The molecule has 10 heteroatoms. The van der Waals surface area contributed by atoms with Crippen LogP contribution in [0.3, 0.4) is 0 Å². The van der Waals surface area contributed by atoms with Gasteiger partial charge in [0.05, 0.1) is 24.2 Å². The first-order valence-electron chi connectivity index (χ1n) is 12.4. The minimum absolute atomic E-state index is 0.0652. The second-order valence-electron chi connectivity index (χ2n) is 9.52. The van der Waals surface area contributed by atoms with E-state index in [2.05, 4.69) is 15.2 Å². The van der Waals surface area contributed by atoms with Crippen LogP contribution in [0.1, 0.15) is 49.4 Å². The second-order valence-corrected chi connectivity index (χ2v) is 9.93. The van der Waals surface area contributed by atoms with E-state index in [4.69, 9.17) is 26.8 Å². The van der Waals surface area contributed by atoms with Crippen LogP contribution in [0, 0.1) is 11.8 Å². The SMILES string of the molecule is CCOc1nc(N)c(Cl)cc1C(=O)NC1CCN(CC2CCN(C(=O)C3CCOC3)CC2)CC1. The van der Waals surface area contributed by atoms with Gasteiger partial charge in [-0.3, -0.25) is 9.59 Å². The van der Waals surface area contributed by atoms with E-state index in [0.717, 1.165) is 64.8 Å². The zero-order valence-electron chi connectivity index (χ0n) is 19.9. The molecule has 9 nitrogen and oxygen atoms in total. The Bertz CT molecular complexity index is 863. The molecular formula is C24H36ClN5O4. The normalized spacial score (nSPS) is 22.6. The van der Waals surface area contributed by atoms with Crippen LogP contribution >= 0.6 is 11.6 Å². The molecule has 4 heterocycles. The summed E-state index contributed by atoms with van der Waals surface area (Å²) in [7, 11) is 0. The lowest BCUT2D eigenvalue weighted by atomic mass is 9.93. The number of hydrogen-bond donors (Lipinski definition) is 2. The second kappa shape index (κ2) is 11.6. The maximum atomic E-state index is 12.9. The summed E-state index contributed by atoms with van der Waals surface area (Å²) in [6.45, 7) is 8.16. The summed E-state index contributed by atoms with van der Waals surface area (Å²) >= 11 is 6.09. The zero-order valence-corrected chi connectivity index (χ0v) is 20.7. The summed E-state index contributed by atoms with van der Waals surface area (Å²) in [6.07, 6.45) is 4.76. The largest absolute Gasteiger partial charge is 0.477 e. The number of nitrogens with one attached hydrogen (secondary N) is 1. The number of nitrogen functional groups attached to an aromatic ring is 1. The molecule has 1 aromatic heterocycles. The standard InChI is InChI=1S/C24H36ClN5O4/c1-2-34-23-19(13-20(25)21(26)28-23)22(31)27-18-5-8-29(9-6-18)14-16-3-10-30(11-4-16)24(32)17-7-12-33-15-17/h13,16-18H,2-12,14-15H2,1H3,(H2,26,28)(H,27,31). The van der Waals surface area contributed by atoms with Crippen molar-refractivity contribution >= 4 is 29.2 Å². The Labute approximate surface area is 206 Å². The van der Waals surface area contributed by atoms with Crippen LogP contribution in [0.2, 0.25) is 5.02 Å². The van der Waals surface area contributed by atoms with E-state index in [1.165, 1.54) is 6.07 Å². The van der Waals surface area contributed by atoms with Gasteiger partial charge in [-0.15, -0.1) is 0 Å². The smallest absolute Gasteiger partial charge is 0.257 e. The summed E-state index contributed by atoms with van der Waals surface area (Å²) in [4.78, 5) is 34.1. The van der Waals surface area contributed by atoms with Gasteiger partial charge in [-0.1, -0.05) is 11.6 Å². The highest BCUT2D eigenvalue weighted by molar-refractivity contribution is 6.33. The first-order chi connectivity index (χ1) is 16.4. The first-order valence-corrected chi connectivity index (χ1v) is 12.8. The van der Waals surface area contributed by atoms with Crippen LogP contribution < -0.4 is 15.8 Å². The Morgan fingerprint density at radius 2 is 1.94 bits per heavy atom. The van der Waals surface area contributed by atoms with E-state index < -0.39 is 0 Å². The molecule has 3 aliphatic heterocycles. The van der Waals surface area contributed by atoms with Gasteiger partial charge < -0.3 is 30.3 Å². The van der Waals surface area contributed by atoms with Crippen LogP contribution in [0.15, 0.2) is 6.07 Å². The minimum atomic E-state index is -0.235. The van der Waals surface area contributed by atoms with Gasteiger partial charge >= 0.3 is 0 Å². The van der Waals surface area contributed by atoms with Crippen molar-refractivity contribution in [2.45, 2.75) is 45.1 Å². The van der Waals surface area contributed by atoms with Gasteiger partial charge in [-0.25, -0.2) is 0 Å². The Morgan fingerprint density at radius 1 is 1.21 bits per heavy atom. The van der Waals surface area contributed by atoms with Gasteiger partial charge in [-0.05, 0) is 51.0 Å². The van der Waals surface area contributed by atoms with Crippen molar-refractivity contribution < 1.29 is 19.1 Å². The van der Waals surface area contributed by atoms with Crippen LogP contribution in [0.25, 0.3) is 0 Å². The average molecular weight is 494 g/mol. The molecule has 34 heavy (non-hydrogen) atoms. The molecule has 0 aliphatic carbocycles. The molecule has 3 N–H and O–H groups in total. The van der Waals surface area contributed by atoms with Gasteiger partial charge in [-0.2, -0.15) is 4.98 Å². The van der Waals surface area contributed by atoms with Crippen molar-refractivity contribution in [2.75, 3.05) is 58.3 Å². The first kappa shape index (κ1) is 25.0. The quantitative estimate of drug-likeness (QED) is 0.599. The summed E-state index contributed by atoms with van der Waals surface area (Å²) in [5.74, 6) is 1.09. The van der Waals surface area contributed by atoms with E-state index in [1.807, 2.05) is 11.8 Å². The van der Waals surface area contributed by atoms with Crippen LogP contribution in [-0.2, 0) is 9.53 Å². The molecule has 3 fully saturated rings. The fourth-order valence-corrected chi connectivity index (χ4v) is 5.26. The number of piperidine rings is 2. The van der Waals surface area contributed by atoms with E-state index >= 15 is 0 Å². The van der Waals surface area contributed by atoms with Crippen LogP contribution in [0.4, 0.5) is 5.82 Å². The number of pyridine rings is 1. The Kier molecular flexibility index (Phi) is 8.50. The number of anilines is 1. The molecule has 0 radical (unpaired) electrons. The van der Waals surface area contributed by atoms with Crippen molar-refractivity contribution in [1.82, 2.24) is 20.1 Å². The van der Waals surface area contributed by atoms with E-state index in [1.54, 1.807) is 0 Å². The van der Waals surface area contributed by atoms with Crippen molar-refractivity contribution in [3.63, 3.8) is 0 Å². The average Bonchev–Trinajstić information content (AvgIpc) is 3.38. The molecule has 0 saturated carbocycles. The van der Waals surface area contributed by atoms with Gasteiger partial charge in [0, 0.05) is 45.4 Å². The number of nitrogens with zero attached hydrogens (tertiary/aromatic N) is 3. The summed E-state index contributed by atoms with van der Waals surface area (Å²) < 4.78 is 10.9. The number of halogens is 1. The number of ether oxygens (including phenoxy) is 2. The molecule has 1 unspecified atom stereocenters. The molecule has 0 spiro atoms. The Morgan fingerprint density at radius 3 is 2.59 bits per heavy atom. The fraction of sp³-hybridized carbons (Fsp3) is 0.708. The number of amides is 2. The molecule has 0 bridgehead atoms. The molecule has 4 rings (SSSR count). The third kappa shape index (κ3) is 6.12. The zero-order chi connectivity index (χ0) is 24.1. The van der Waals surface area contributed by atoms with Crippen LogP contribution in [0.5, 0.6) is 5.88 Å². The number of rotatable bonds is 7. The molecule has 188 valence electrons. The van der Waals surface area contributed by atoms with Crippen molar-refractivity contribution in [1.29, 1.82) is 0 Å². The monoisotopic (exact) mass is 493 g/mol. The lowest BCUT2D eigenvalue weighted by Crippen LogP contribution is -2.48. The molecule has 3 saturated heterocycles. The number of hydrogen-bond acceptors (Lipinski definition) is 7. The van der Waals surface area contributed by atoms with E-state index in [-0.39, 0.29) is 40.5 Å². The number of nitrogens with two attached hydrogens (primary N) is 1. The highest BCUT2D eigenvalue weighted by atomic mass is 35.5. The van der Waals surface area contributed by atoms with Crippen molar-refractivity contribution in [3.8, 4) is 5.88 Å². The summed E-state index contributed by atoms with van der Waals surface area (Å²) in [5, 5.41) is 3.35. The molecule has 3 aliphatic rings. The number of likely N-dealkylation sites (tertiary alicyclic amines) is 2. The number of carbonyl (C=O) groups excluding carboxylic acids is 2. The molecule has 0 aromatic carbocycles.